The summed E-state index contributed by atoms with van der Waals surface area (Å²) in [6.07, 6.45) is 3.92. The van der Waals surface area contributed by atoms with E-state index in [0.29, 0.717) is 10.7 Å². The Bertz CT molecular complexity index is 576. The SMILES string of the molecule is O=C1NC(=O)/C(=C\c2cc(Br)c(N3CCCC3)o2)S1. The van der Waals surface area contributed by atoms with Crippen LogP contribution in [0.15, 0.2) is 19.9 Å². The third-order valence-electron chi connectivity index (χ3n) is 3.00. The van der Waals surface area contributed by atoms with Gasteiger partial charge in [0, 0.05) is 25.2 Å². The monoisotopic (exact) mass is 342 g/mol. The van der Waals surface area contributed by atoms with Gasteiger partial charge in [-0.2, -0.15) is 0 Å². The van der Waals surface area contributed by atoms with Gasteiger partial charge in [-0.15, -0.1) is 0 Å². The summed E-state index contributed by atoms with van der Waals surface area (Å²) >= 11 is 4.35. The normalized spacial score (nSPS) is 21.5. The Labute approximate surface area is 122 Å². The van der Waals surface area contributed by atoms with Crippen LogP contribution in [0.3, 0.4) is 0 Å². The topological polar surface area (TPSA) is 62.6 Å². The number of anilines is 1. The van der Waals surface area contributed by atoms with E-state index in [1.165, 1.54) is 0 Å². The molecule has 0 radical (unpaired) electrons. The van der Waals surface area contributed by atoms with Crippen LogP contribution in [0.5, 0.6) is 0 Å². The van der Waals surface area contributed by atoms with Crippen LogP contribution in [0.1, 0.15) is 18.6 Å². The van der Waals surface area contributed by atoms with Crippen molar-refractivity contribution in [3.63, 3.8) is 0 Å². The second-order valence-electron chi connectivity index (χ2n) is 4.35. The van der Waals surface area contributed by atoms with Gasteiger partial charge < -0.3 is 9.32 Å². The lowest BCUT2D eigenvalue weighted by molar-refractivity contribution is -0.115. The molecule has 1 N–H and O–H groups in total. The van der Waals surface area contributed by atoms with Crippen LogP contribution in [0.4, 0.5) is 10.7 Å². The Balaban J connectivity index is 1.86. The molecule has 0 spiro atoms. The molecular formula is C12H11BrN2O3S. The zero-order valence-corrected chi connectivity index (χ0v) is 12.3. The van der Waals surface area contributed by atoms with Crippen molar-refractivity contribution >= 4 is 50.8 Å². The first-order chi connectivity index (χ1) is 9.13. The van der Waals surface area contributed by atoms with Gasteiger partial charge in [0.2, 0.25) is 5.88 Å². The first-order valence-electron chi connectivity index (χ1n) is 5.92. The molecule has 100 valence electrons. The fourth-order valence-corrected chi connectivity index (χ4v) is 3.35. The van der Waals surface area contributed by atoms with Crippen molar-refractivity contribution in [3.8, 4) is 0 Å². The molecule has 1 aromatic rings. The van der Waals surface area contributed by atoms with E-state index in [4.69, 9.17) is 4.42 Å². The Morgan fingerprint density at radius 2 is 2.11 bits per heavy atom. The molecule has 0 bridgehead atoms. The van der Waals surface area contributed by atoms with E-state index in [1.54, 1.807) is 6.08 Å². The van der Waals surface area contributed by atoms with Crippen molar-refractivity contribution in [3.05, 3.63) is 21.2 Å². The molecule has 2 saturated heterocycles. The summed E-state index contributed by atoms with van der Waals surface area (Å²) in [6.45, 7) is 1.96. The van der Waals surface area contributed by atoms with Crippen molar-refractivity contribution in [2.45, 2.75) is 12.8 Å². The molecule has 0 unspecified atom stereocenters. The molecule has 2 aliphatic heterocycles. The summed E-state index contributed by atoms with van der Waals surface area (Å²) < 4.78 is 6.61. The molecule has 19 heavy (non-hydrogen) atoms. The molecule has 3 heterocycles. The zero-order chi connectivity index (χ0) is 13.4. The Hall–Kier alpha value is -1.21. The summed E-state index contributed by atoms with van der Waals surface area (Å²) in [4.78, 5) is 25.1. The average molecular weight is 343 g/mol. The third kappa shape index (κ3) is 2.57. The van der Waals surface area contributed by atoms with Crippen LogP contribution in [-0.4, -0.2) is 24.2 Å². The van der Waals surface area contributed by atoms with Gasteiger partial charge in [-0.25, -0.2) is 0 Å². The number of amides is 2. The third-order valence-corrected chi connectivity index (χ3v) is 4.38. The lowest BCUT2D eigenvalue weighted by Gasteiger charge is -2.13. The molecule has 2 aliphatic rings. The quantitative estimate of drug-likeness (QED) is 0.837. The number of furan rings is 1. The van der Waals surface area contributed by atoms with Crippen molar-refractivity contribution in [2.24, 2.45) is 0 Å². The highest BCUT2D eigenvalue weighted by Gasteiger charge is 2.26. The molecule has 3 rings (SSSR count). The smallest absolute Gasteiger partial charge is 0.290 e. The van der Waals surface area contributed by atoms with E-state index in [-0.39, 0.29) is 11.1 Å². The van der Waals surface area contributed by atoms with Crippen LogP contribution in [0.2, 0.25) is 0 Å². The van der Waals surface area contributed by atoms with Gasteiger partial charge in [0.15, 0.2) is 0 Å². The van der Waals surface area contributed by atoms with Gasteiger partial charge in [-0.05, 0) is 40.5 Å². The summed E-state index contributed by atoms with van der Waals surface area (Å²) in [5.74, 6) is 0.991. The Morgan fingerprint density at radius 1 is 1.37 bits per heavy atom. The second-order valence-corrected chi connectivity index (χ2v) is 6.22. The number of halogens is 1. The van der Waals surface area contributed by atoms with E-state index in [1.807, 2.05) is 6.07 Å². The van der Waals surface area contributed by atoms with Gasteiger partial charge in [0.25, 0.3) is 11.1 Å². The number of nitrogens with zero attached hydrogens (tertiary/aromatic N) is 1. The number of rotatable bonds is 2. The predicted molar refractivity (Wildman–Crippen MR) is 77.0 cm³/mol. The van der Waals surface area contributed by atoms with Crippen LogP contribution < -0.4 is 10.2 Å². The van der Waals surface area contributed by atoms with Gasteiger partial charge in [-0.3, -0.25) is 14.9 Å². The summed E-state index contributed by atoms with van der Waals surface area (Å²) in [7, 11) is 0. The van der Waals surface area contributed by atoms with E-state index < -0.39 is 0 Å². The highest BCUT2D eigenvalue weighted by molar-refractivity contribution is 9.10. The zero-order valence-electron chi connectivity index (χ0n) is 9.94. The molecule has 5 nitrogen and oxygen atoms in total. The minimum absolute atomic E-state index is 0.346. The average Bonchev–Trinajstić information content (AvgIpc) is 3.02. The number of carbonyl (C=O) groups excluding carboxylic acids is 2. The number of imide groups is 1. The first-order valence-corrected chi connectivity index (χ1v) is 7.53. The minimum atomic E-state index is -0.370. The van der Waals surface area contributed by atoms with Gasteiger partial charge >= 0.3 is 0 Å². The maximum absolute atomic E-state index is 11.5. The highest BCUT2D eigenvalue weighted by atomic mass is 79.9. The van der Waals surface area contributed by atoms with E-state index in [9.17, 15) is 9.59 Å². The van der Waals surface area contributed by atoms with Gasteiger partial charge in [-0.1, -0.05) is 0 Å². The van der Waals surface area contributed by atoms with Crippen LogP contribution in [0, 0.1) is 0 Å². The number of hydrogen-bond acceptors (Lipinski definition) is 5. The van der Waals surface area contributed by atoms with E-state index in [0.717, 1.165) is 48.0 Å². The molecule has 2 fully saturated rings. The number of hydrogen-bond donors (Lipinski definition) is 1. The van der Waals surface area contributed by atoms with E-state index in [2.05, 4.69) is 26.1 Å². The maximum atomic E-state index is 11.5. The van der Waals surface area contributed by atoms with Crippen LogP contribution >= 0.6 is 27.7 Å². The fraction of sp³-hybridized carbons (Fsp3) is 0.333. The van der Waals surface area contributed by atoms with Crippen LogP contribution in [-0.2, 0) is 4.79 Å². The van der Waals surface area contributed by atoms with Gasteiger partial charge in [0.1, 0.15) is 5.76 Å². The molecular weight excluding hydrogens is 332 g/mol. The fourth-order valence-electron chi connectivity index (χ4n) is 2.13. The van der Waals surface area contributed by atoms with Gasteiger partial charge in [0.05, 0.1) is 9.38 Å². The Morgan fingerprint density at radius 3 is 2.74 bits per heavy atom. The molecule has 2 amide bonds. The standard InChI is InChI=1S/C12H11BrN2O3S/c13-8-5-7(6-9-10(16)14-12(17)19-9)18-11(8)15-3-1-2-4-15/h5-6H,1-4H2,(H,14,16,17)/b9-6+. The lowest BCUT2D eigenvalue weighted by Crippen LogP contribution is -2.17. The molecule has 0 aliphatic carbocycles. The minimum Gasteiger partial charge on any atom is -0.440 e. The molecule has 0 atom stereocenters. The summed E-state index contributed by atoms with van der Waals surface area (Å²) in [5, 5.41) is 1.87. The first kappa shape index (κ1) is 12.8. The lowest BCUT2D eigenvalue weighted by atomic mass is 10.4. The van der Waals surface area contributed by atoms with Crippen molar-refractivity contribution in [1.29, 1.82) is 0 Å². The van der Waals surface area contributed by atoms with E-state index >= 15 is 0 Å². The summed E-state index contributed by atoms with van der Waals surface area (Å²) in [6, 6.07) is 1.82. The molecule has 0 aromatic carbocycles. The number of nitrogens with one attached hydrogen (secondary N) is 1. The highest BCUT2D eigenvalue weighted by Crippen LogP contribution is 2.34. The maximum Gasteiger partial charge on any atom is 0.290 e. The number of carbonyl (C=O) groups is 2. The number of thioether (sulfide) groups is 1. The second kappa shape index (κ2) is 5.05. The Kier molecular flexibility index (Phi) is 3.40. The largest absolute Gasteiger partial charge is 0.440 e. The molecule has 7 heteroatoms. The van der Waals surface area contributed by atoms with Crippen molar-refractivity contribution in [2.75, 3.05) is 18.0 Å². The predicted octanol–water partition coefficient (Wildman–Crippen LogP) is 2.97. The van der Waals surface area contributed by atoms with Crippen LogP contribution in [0.25, 0.3) is 6.08 Å². The van der Waals surface area contributed by atoms with Crippen molar-refractivity contribution in [1.82, 2.24) is 5.32 Å². The van der Waals surface area contributed by atoms with Crippen molar-refractivity contribution < 1.29 is 14.0 Å². The molecule has 1 aromatic heterocycles. The summed E-state index contributed by atoms with van der Waals surface area (Å²) in [5.41, 5.74) is 0. The molecule has 0 saturated carbocycles.